The molecule has 148 valence electrons. The molecule has 0 fully saturated rings. The van der Waals surface area contributed by atoms with Crippen LogP contribution in [0.5, 0.6) is 0 Å². The molecular weight excluding hydrogens is 418 g/mol. The molecule has 4 aromatic heterocycles. The summed E-state index contributed by atoms with van der Waals surface area (Å²) in [6.07, 6.45) is 2.51. The van der Waals surface area contributed by atoms with E-state index in [4.69, 9.17) is 5.73 Å². The quantitative estimate of drug-likeness (QED) is 0.408. The second kappa shape index (κ2) is 7.36. The number of amides is 1. The van der Waals surface area contributed by atoms with E-state index in [0.717, 1.165) is 27.6 Å². The number of imidazole rings is 1. The van der Waals surface area contributed by atoms with Gasteiger partial charge in [0.1, 0.15) is 11.4 Å². The number of hydrogen-bond acceptors (Lipinski definition) is 7. The minimum absolute atomic E-state index is 0.260. The Morgan fingerprint density at radius 2 is 2.13 bits per heavy atom. The number of nitrogens with two attached hydrogens (primary N) is 1. The molecule has 0 radical (unpaired) electrons. The van der Waals surface area contributed by atoms with Crippen LogP contribution in [0.15, 0.2) is 53.4 Å². The average molecular weight is 434 g/mol. The minimum Gasteiger partial charge on any atom is -0.375 e. The Kier molecular flexibility index (Phi) is 4.53. The van der Waals surface area contributed by atoms with Crippen LogP contribution in [0.1, 0.15) is 26.4 Å². The van der Waals surface area contributed by atoms with E-state index in [1.165, 1.54) is 22.7 Å². The van der Waals surface area contributed by atoms with Crippen molar-refractivity contribution in [2.24, 2.45) is 0 Å². The van der Waals surface area contributed by atoms with Crippen molar-refractivity contribution >= 4 is 55.9 Å². The molecule has 30 heavy (non-hydrogen) atoms. The van der Waals surface area contributed by atoms with Gasteiger partial charge in [0, 0.05) is 23.7 Å². The van der Waals surface area contributed by atoms with Gasteiger partial charge in [-0.1, -0.05) is 17.4 Å². The van der Waals surface area contributed by atoms with E-state index < -0.39 is 0 Å². The summed E-state index contributed by atoms with van der Waals surface area (Å²) in [4.78, 5) is 33.5. The molecule has 0 aliphatic carbocycles. The average Bonchev–Trinajstić information content (AvgIpc) is 3.47. The maximum atomic E-state index is 12.9. The largest absolute Gasteiger partial charge is 0.375 e. The summed E-state index contributed by atoms with van der Waals surface area (Å²) in [5.74, 6) is -0.260. The normalized spacial score (nSPS) is 11.2. The molecule has 0 aliphatic rings. The first-order valence-corrected chi connectivity index (χ1v) is 10.8. The van der Waals surface area contributed by atoms with Gasteiger partial charge >= 0.3 is 0 Å². The SMILES string of the molecule is Nc1nc2ccc(CNC(=O)c3cccn4c(C=O)c(-c5ccsc5)nc34)cc2s1. The number of rotatable bonds is 5. The van der Waals surface area contributed by atoms with Crippen LogP contribution in [0.4, 0.5) is 5.13 Å². The molecule has 1 aromatic carbocycles. The fourth-order valence-electron chi connectivity index (χ4n) is 3.36. The Balaban J connectivity index is 1.46. The second-order valence-corrected chi connectivity index (χ2v) is 8.47. The molecule has 3 N–H and O–H groups in total. The lowest BCUT2D eigenvalue weighted by Crippen LogP contribution is -2.23. The second-order valence-electron chi connectivity index (χ2n) is 6.63. The first-order chi connectivity index (χ1) is 14.6. The maximum Gasteiger partial charge on any atom is 0.255 e. The van der Waals surface area contributed by atoms with Crippen molar-refractivity contribution in [3.8, 4) is 11.3 Å². The lowest BCUT2D eigenvalue weighted by molar-refractivity contribution is 0.0951. The summed E-state index contributed by atoms with van der Waals surface area (Å²) in [6, 6.07) is 11.1. The van der Waals surface area contributed by atoms with Crippen LogP contribution in [0.2, 0.25) is 0 Å². The standard InChI is InChI=1S/C21H15N5O2S2/c22-21-24-15-4-3-12(8-17(15)30-21)9-23-20(28)14-2-1-6-26-16(10-27)18(25-19(14)26)13-5-7-29-11-13/h1-8,10-11H,9H2,(H2,22,24)(H,23,28). The van der Waals surface area contributed by atoms with Crippen LogP contribution in [-0.2, 0) is 6.54 Å². The molecule has 5 rings (SSSR count). The smallest absolute Gasteiger partial charge is 0.255 e. The van der Waals surface area contributed by atoms with Crippen molar-refractivity contribution in [3.05, 3.63) is 70.2 Å². The first kappa shape index (κ1) is 18.5. The fourth-order valence-corrected chi connectivity index (χ4v) is 4.80. The van der Waals surface area contributed by atoms with E-state index in [1.807, 2.05) is 35.0 Å². The van der Waals surface area contributed by atoms with Crippen molar-refractivity contribution in [2.75, 3.05) is 5.73 Å². The molecule has 7 nitrogen and oxygen atoms in total. The zero-order chi connectivity index (χ0) is 20.7. The number of aromatic nitrogens is 3. The summed E-state index contributed by atoms with van der Waals surface area (Å²) in [7, 11) is 0. The number of benzene rings is 1. The van der Waals surface area contributed by atoms with Crippen molar-refractivity contribution in [1.82, 2.24) is 19.7 Å². The Hall–Kier alpha value is -3.56. The van der Waals surface area contributed by atoms with Crippen LogP contribution in [0, 0.1) is 0 Å². The van der Waals surface area contributed by atoms with Gasteiger partial charge in [-0.3, -0.25) is 14.0 Å². The van der Waals surface area contributed by atoms with Gasteiger partial charge in [0.15, 0.2) is 17.1 Å². The Labute approximate surface area is 178 Å². The van der Waals surface area contributed by atoms with E-state index in [2.05, 4.69) is 15.3 Å². The number of fused-ring (bicyclic) bond motifs is 2. The fraction of sp³-hybridized carbons (Fsp3) is 0.0476. The van der Waals surface area contributed by atoms with E-state index in [1.54, 1.807) is 22.7 Å². The maximum absolute atomic E-state index is 12.9. The van der Waals surface area contributed by atoms with Crippen LogP contribution in [-0.4, -0.2) is 26.6 Å². The number of nitrogens with zero attached hydrogens (tertiary/aromatic N) is 3. The Morgan fingerprint density at radius 3 is 2.93 bits per heavy atom. The number of nitrogen functional groups attached to an aromatic ring is 1. The molecule has 0 unspecified atom stereocenters. The van der Waals surface area contributed by atoms with Crippen molar-refractivity contribution in [3.63, 3.8) is 0 Å². The third-order valence-electron chi connectivity index (χ3n) is 4.76. The number of thiazole rings is 1. The highest BCUT2D eigenvalue weighted by Gasteiger charge is 2.19. The zero-order valence-electron chi connectivity index (χ0n) is 15.5. The number of pyridine rings is 1. The summed E-state index contributed by atoms with van der Waals surface area (Å²) in [6.45, 7) is 0.353. The Bertz CT molecular complexity index is 1400. The predicted octanol–water partition coefficient (Wildman–Crippen LogP) is 4.00. The summed E-state index contributed by atoms with van der Waals surface area (Å²) in [5.41, 5.74) is 10.3. The van der Waals surface area contributed by atoms with E-state index >= 15 is 0 Å². The number of thiophene rings is 1. The van der Waals surface area contributed by atoms with Crippen LogP contribution in [0.25, 0.3) is 27.1 Å². The van der Waals surface area contributed by atoms with Crippen molar-refractivity contribution < 1.29 is 9.59 Å². The summed E-state index contributed by atoms with van der Waals surface area (Å²) in [5, 5.41) is 7.31. The number of aldehydes is 1. The molecule has 0 saturated heterocycles. The third-order valence-corrected chi connectivity index (χ3v) is 6.29. The lowest BCUT2D eigenvalue weighted by atomic mass is 10.2. The first-order valence-electron chi connectivity index (χ1n) is 9.06. The topological polar surface area (TPSA) is 102 Å². The summed E-state index contributed by atoms with van der Waals surface area (Å²) >= 11 is 2.94. The minimum atomic E-state index is -0.260. The zero-order valence-corrected chi connectivity index (χ0v) is 17.2. The highest BCUT2D eigenvalue weighted by molar-refractivity contribution is 7.22. The van der Waals surface area contributed by atoms with E-state index in [9.17, 15) is 9.59 Å². The van der Waals surface area contributed by atoms with Crippen LogP contribution >= 0.6 is 22.7 Å². The molecule has 0 aliphatic heterocycles. The molecule has 1 amide bonds. The lowest BCUT2D eigenvalue weighted by Gasteiger charge is -2.07. The van der Waals surface area contributed by atoms with Gasteiger partial charge in [-0.25, -0.2) is 9.97 Å². The highest BCUT2D eigenvalue weighted by Crippen LogP contribution is 2.27. The third kappa shape index (κ3) is 3.14. The van der Waals surface area contributed by atoms with Gasteiger partial charge in [-0.15, -0.1) is 0 Å². The van der Waals surface area contributed by atoms with Gasteiger partial charge in [0.25, 0.3) is 5.91 Å². The molecule has 5 aromatic rings. The number of carbonyl (C=O) groups excluding carboxylic acids is 2. The molecule has 9 heteroatoms. The van der Waals surface area contributed by atoms with Crippen molar-refractivity contribution in [2.45, 2.75) is 6.54 Å². The molecule has 0 atom stereocenters. The monoisotopic (exact) mass is 433 g/mol. The van der Waals surface area contributed by atoms with E-state index in [-0.39, 0.29) is 5.91 Å². The number of carbonyl (C=O) groups is 2. The predicted molar refractivity (Wildman–Crippen MR) is 119 cm³/mol. The molecule has 4 heterocycles. The highest BCUT2D eigenvalue weighted by atomic mass is 32.1. The Morgan fingerprint density at radius 1 is 1.23 bits per heavy atom. The van der Waals surface area contributed by atoms with Gasteiger partial charge < -0.3 is 11.1 Å². The number of hydrogen-bond donors (Lipinski definition) is 2. The van der Waals surface area contributed by atoms with Gasteiger partial charge in [0.2, 0.25) is 0 Å². The van der Waals surface area contributed by atoms with Gasteiger partial charge in [-0.2, -0.15) is 11.3 Å². The van der Waals surface area contributed by atoms with Crippen LogP contribution in [0.3, 0.4) is 0 Å². The summed E-state index contributed by atoms with van der Waals surface area (Å²) < 4.78 is 2.63. The van der Waals surface area contributed by atoms with Crippen LogP contribution < -0.4 is 11.1 Å². The molecule has 0 spiro atoms. The molecular formula is C21H15N5O2S2. The van der Waals surface area contributed by atoms with Gasteiger partial charge in [-0.05, 0) is 41.3 Å². The molecule has 0 bridgehead atoms. The molecule has 0 saturated carbocycles. The number of anilines is 1. The van der Waals surface area contributed by atoms with E-state index in [0.29, 0.717) is 34.3 Å². The van der Waals surface area contributed by atoms with Crippen molar-refractivity contribution in [1.29, 1.82) is 0 Å². The van der Waals surface area contributed by atoms with Gasteiger partial charge in [0.05, 0.1) is 15.8 Å². The number of nitrogens with one attached hydrogen (secondary N) is 1.